The van der Waals surface area contributed by atoms with Gasteiger partial charge in [-0.05, 0) is 49.2 Å². The normalized spacial score (nSPS) is 20.1. The van der Waals surface area contributed by atoms with Crippen molar-refractivity contribution < 1.29 is 36.6 Å². The van der Waals surface area contributed by atoms with Gasteiger partial charge in [-0.15, -0.1) is 0 Å². The molecule has 12 heteroatoms. The van der Waals surface area contributed by atoms with Crippen LogP contribution in [0.15, 0.2) is 47.6 Å². The van der Waals surface area contributed by atoms with Crippen molar-refractivity contribution in [2.24, 2.45) is 10.8 Å². The highest BCUT2D eigenvalue weighted by atomic mass is 19.4. The number of nitrogens with two attached hydrogens (primary N) is 1. The number of benzene rings is 2. The minimum Gasteiger partial charge on any atom is -0.452 e. The number of ether oxygens (including phenoxy) is 3. The van der Waals surface area contributed by atoms with E-state index >= 15 is 0 Å². The predicted molar refractivity (Wildman–Crippen MR) is 123 cm³/mol. The number of amidine groups is 1. The number of carbonyl (C=O) groups excluding carboxylic acids is 1. The predicted octanol–water partition coefficient (Wildman–Crippen LogP) is 4.26. The average molecular weight is 513 g/mol. The van der Waals surface area contributed by atoms with Gasteiger partial charge in [0.15, 0.2) is 6.29 Å². The second-order valence-electron chi connectivity index (χ2n) is 8.32. The van der Waals surface area contributed by atoms with Crippen LogP contribution in [-0.4, -0.2) is 49.9 Å². The molecule has 8 nitrogen and oxygen atoms in total. The van der Waals surface area contributed by atoms with Crippen molar-refractivity contribution in [1.82, 2.24) is 10.3 Å². The maximum Gasteiger partial charge on any atom is 0.427 e. The van der Waals surface area contributed by atoms with Crippen LogP contribution in [0.1, 0.15) is 41.3 Å². The van der Waals surface area contributed by atoms with Crippen LogP contribution in [0.5, 0.6) is 0 Å². The summed E-state index contributed by atoms with van der Waals surface area (Å²) < 4.78 is 70.1. The molecule has 0 bridgehead atoms. The maximum absolute atomic E-state index is 13.6. The molecule has 1 fully saturated rings. The summed E-state index contributed by atoms with van der Waals surface area (Å²) in [5, 5.41) is 3.79. The zero-order chi connectivity index (χ0) is 26.5. The molecule has 3 N–H and O–H groups in total. The Bertz CT molecular complexity index is 1080. The SMILES string of the molecule is COC(=O)N/N=C(\N)CN1CCOC(OC(C)c2cc(C)cc(C(F)(F)F)c2)C1c1ccc(F)cc1. The summed E-state index contributed by atoms with van der Waals surface area (Å²) >= 11 is 0. The van der Waals surface area contributed by atoms with E-state index in [0.717, 1.165) is 12.1 Å². The highest BCUT2D eigenvalue weighted by molar-refractivity contribution is 5.83. The second-order valence-corrected chi connectivity index (χ2v) is 8.32. The Morgan fingerprint density at radius 3 is 2.61 bits per heavy atom. The van der Waals surface area contributed by atoms with Gasteiger partial charge in [0.1, 0.15) is 11.7 Å². The van der Waals surface area contributed by atoms with E-state index in [1.807, 2.05) is 4.90 Å². The van der Waals surface area contributed by atoms with Crippen molar-refractivity contribution in [2.75, 3.05) is 26.8 Å². The molecule has 3 rings (SSSR count). The third-order valence-corrected chi connectivity index (χ3v) is 5.60. The minimum atomic E-state index is -4.50. The Kier molecular flexibility index (Phi) is 8.88. The fourth-order valence-corrected chi connectivity index (χ4v) is 3.90. The molecule has 0 spiro atoms. The van der Waals surface area contributed by atoms with E-state index in [-0.39, 0.29) is 19.0 Å². The standard InChI is InChI=1S/C24H28F4N4O4/c1-14-10-17(12-18(11-14)24(26,27)28)15(2)36-22-21(16-4-6-19(25)7-5-16)32(8-9-35-22)13-20(29)30-31-23(33)34-3/h4-7,10-12,15,21-22H,8-9,13H2,1-3H3,(H2,29,30)(H,31,33). The second kappa shape index (κ2) is 11.7. The number of nitrogens with zero attached hydrogens (tertiary/aromatic N) is 2. The van der Waals surface area contributed by atoms with E-state index in [2.05, 4.69) is 15.3 Å². The number of halogens is 4. The van der Waals surface area contributed by atoms with E-state index in [1.165, 1.54) is 19.2 Å². The summed E-state index contributed by atoms with van der Waals surface area (Å²) in [5.74, 6) is -0.370. The van der Waals surface area contributed by atoms with Crippen LogP contribution in [0.25, 0.3) is 0 Å². The molecule has 1 aliphatic rings. The van der Waals surface area contributed by atoms with Crippen LogP contribution in [0.2, 0.25) is 0 Å². The third-order valence-electron chi connectivity index (χ3n) is 5.60. The van der Waals surface area contributed by atoms with Crippen LogP contribution in [0, 0.1) is 12.7 Å². The molecule has 3 unspecified atom stereocenters. The van der Waals surface area contributed by atoms with E-state index in [4.69, 9.17) is 15.2 Å². The van der Waals surface area contributed by atoms with E-state index in [1.54, 1.807) is 32.0 Å². The summed E-state index contributed by atoms with van der Waals surface area (Å²) in [7, 11) is 1.18. The van der Waals surface area contributed by atoms with E-state index in [9.17, 15) is 22.4 Å². The van der Waals surface area contributed by atoms with Crippen molar-refractivity contribution in [3.05, 3.63) is 70.5 Å². The summed E-state index contributed by atoms with van der Waals surface area (Å²) in [6, 6.07) is 8.85. The van der Waals surface area contributed by atoms with Crippen LogP contribution in [0.3, 0.4) is 0 Å². The summed E-state index contributed by atoms with van der Waals surface area (Å²) in [6.45, 7) is 3.93. The lowest BCUT2D eigenvalue weighted by atomic mass is 10.0. The molecule has 1 heterocycles. The first-order valence-electron chi connectivity index (χ1n) is 11.1. The zero-order valence-electron chi connectivity index (χ0n) is 20.0. The van der Waals surface area contributed by atoms with Crippen LogP contribution >= 0.6 is 0 Å². The third kappa shape index (κ3) is 7.15. The van der Waals surface area contributed by atoms with Gasteiger partial charge in [-0.25, -0.2) is 14.6 Å². The lowest BCUT2D eigenvalue weighted by molar-refractivity contribution is -0.227. The Labute approximate surface area is 206 Å². The van der Waals surface area contributed by atoms with Gasteiger partial charge in [0.25, 0.3) is 0 Å². The molecule has 1 amide bonds. The molecule has 36 heavy (non-hydrogen) atoms. The number of morpholine rings is 1. The van der Waals surface area contributed by atoms with Gasteiger partial charge in [0.05, 0.1) is 38.0 Å². The first kappa shape index (κ1) is 27.4. The lowest BCUT2D eigenvalue weighted by Crippen LogP contribution is -2.49. The van der Waals surface area contributed by atoms with E-state index in [0.29, 0.717) is 23.2 Å². The molecule has 3 atom stereocenters. The van der Waals surface area contributed by atoms with Crippen molar-refractivity contribution in [2.45, 2.75) is 38.5 Å². The summed E-state index contributed by atoms with van der Waals surface area (Å²) in [5.41, 5.74) is 8.77. The summed E-state index contributed by atoms with van der Waals surface area (Å²) in [6.07, 6.45) is -6.97. The number of rotatable bonds is 7. The maximum atomic E-state index is 13.6. The van der Waals surface area contributed by atoms with Crippen molar-refractivity contribution in [3.63, 3.8) is 0 Å². The molecule has 0 radical (unpaired) electrons. The number of hydrazone groups is 1. The van der Waals surface area contributed by atoms with Gasteiger partial charge < -0.3 is 19.9 Å². The minimum absolute atomic E-state index is 0.0645. The van der Waals surface area contributed by atoms with Gasteiger partial charge in [-0.3, -0.25) is 4.90 Å². The smallest absolute Gasteiger partial charge is 0.427 e. The van der Waals surface area contributed by atoms with Gasteiger partial charge in [0, 0.05) is 6.54 Å². The Morgan fingerprint density at radius 2 is 1.97 bits per heavy atom. The van der Waals surface area contributed by atoms with Gasteiger partial charge >= 0.3 is 12.3 Å². The number of hydrogen-bond donors (Lipinski definition) is 2. The molecule has 1 saturated heterocycles. The molecule has 0 saturated carbocycles. The Hall–Kier alpha value is -3.22. The highest BCUT2D eigenvalue weighted by Gasteiger charge is 2.37. The number of methoxy groups -OCH3 is 1. The Morgan fingerprint density at radius 1 is 1.28 bits per heavy atom. The van der Waals surface area contributed by atoms with Crippen molar-refractivity contribution in [1.29, 1.82) is 0 Å². The van der Waals surface area contributed by atoms with Gasteiger partial charge in [0.2, 0.25) is 0 Å². The largest absolute Gasteiger partial charge is 0.452 e. The Balaban J connectivity index is 1.87. The molecular weight excluding hydrogens is 484 g/mol. The fourth-order valence-electron chi connectivity index (χ4n) is 3.90. The number of aryl methyl sites for hydroxylation is 1. The molecule has 1 aliphatic heterocycles. The topological polar surface area (TPSA) is 98.4 Å². The zero-order valence-corrected chi connectivity index (χ0v) is 20.0. The first-order valence-corrected chi connectivity index (χ1v) is 11.1. The number of nitrogens with one attached hydrogen (secondary N) is 1. The first-order chi connectivity index (χ1) is 17.0. The number of amides is 1. The molecule has 0 aliphatic carbocycles. The number of hydrogen-bond acceptors (Lipinski definition) is 6. The monoisotopic (exact) mass is 512 g/mol. The van der Waals surface area contributed by atoms with E-state index < -0.39 is 42.1 Å². The van der Waals surface area contributed by atoms with Crippen LogP contribution < -0.4 is 11.2 Å². The van der Waals surface area contributed by atoms with Crippen LogP contribution in [0.4, 0.5) is 22.4 Å². The lowest BCUT2D eigenvalue weighted by Gasteiger charge is -2.41. The molecular formula is C24H28F4N4O4. The quantitative estimate of drug-likeness (QED) is 0.249. The molecule has 0 aromatic heterocycles. The number of alkyl halides is 3. The van der Waals surface area contributed by atoms with Crippen LogP contribution in [-0.2, 0) is 20.4 Å². The number of carbonyl (C=O) groups is 1. The molecule has 2 aromatic rings. The molecule has 2 aromatic carbocycles. The highest BCUT2D eigenvalue weighted by Crippen LogP contribution is 2.36. The van der Waals surface area contributed by atoms with Crippen molar-refractivity contribution in [3.8, 4) is 0 Å². The molecule has 196 valence electrons. The summed E-state index contributed by atoms with van der Waals surface area (Å²) in [4.78, 5) is 13.2. The van der Waals surface area contributed by atoms with Crippen molar-refractivity contribution >= 4 is 11.9 Å². The average Bonchev–Trinajstić information content (AvgIpc) is 2.82. The van der Waals surface area contributed by atoms with Gasteiger partial charge in [-0.1, -0.05) is 23.8 Å². The van der Waals surface area contributed by atoms with Gasteiger partial charge in [-0.2, -0.15) is 18.3 Å². The fraction of sp³-hybridized carbons (Fsp3) is 0.417.